The van der Waals surface area contributed by atoms with Gasteiger partial charge in [0, 0.05) is 20.0 Å². The van der Waals surface area contributed by atoms with Crippen molar-refractivity contribution in [1.82, 2.24) is 4.90 Å². The molecule has 0 aromatic heterocycles. The average molecular weight is 187 g/mol. The van der Waals surface area contributed by atoms with Gasteiger partial charge in [-0.15, -0.1) is 0 Å². The number of carbonyl (C=O) groups excluding carboxylic acids is 1. The molecule has 1 unspecified atom stereocenters. The monoisotopic (exact) mass is 187 g/mol. The van der Waals surface area contributed by atoms with E-state index >= 15 is 0 Å². The molecule has 1 N–H and O–H groups in total. The molecule has 5 heteroatoms. The zero-order chi connectivity index (χ0) is 9.84. The molecule has 1 aliphatic heterocycles. The molecule has 0 spiro atoms. The van der Waals surface area contributed by atoms with Gasteiger partial charge < -0.3 is 14.7 Å². The van der Waals surface area contributed by atoms with E-state index in [0.717, 1.165) is 0 Å². The van der Waals surface area contributed by atoms with Crippen molar-refractivity contribution in [1.29, 1.82) is 0 Å². The van der Waals surface area contributed by atoms with Crippen molar-refractivity contribution in [3.8, 4) is 0 Å². The molecule has 1 atom stereocenters. The zero-order valence-electron chi connectivity index (χ0n) is 7.52. The highest BCUT2D eigenvalue weighted by Crippen LogP contribution is 2.10. The molecule has 5 nitrogen and oxygen atoms in total. The van der Waals surface area contributed by atoms with E-state index in [0.29, 0.717) is 13.2 Å². The van der Waals surface area contributed by atoms with Crippen molar-refractivity contribution >= 4 is 11.9 Å². The molecule has 0 saturated carbocycles. The van der Waals surface area contributed by atoms with Gasteiger partial charge in [-0.1, -0.05) is 0 Å². The van der Waals surface area contributed by atoms with E-state index in [1.807, 2.05) is 0 Å². The molecule has 0 aromatic rings. The Morgan fingerprint density at radius 3 is 3.08 bits per heavy atom. The Bertz CT molecular complexity index is 216. The van der Waals surface area contributed by atoms with Gasteiger partial charge in [0.1, 0.15) is 6.10 Å². The number of aliphatic carboxylic acids is 1. The van der Waals surface area contributed by atoms with E-state index < -0.39 is 12.1 Å². The zero-order valence-corrected chi connectivity index (χ0v) is 7.52. The molecule has 0 aliphatic carbocycles. The number of carboxylic acid groups (broad SMARTS) is 1. The standard InChI is InChI=1S/C8H13NO4/c1-9-4-5-13-6(8(9)12)2-3-7(10)11/h6H,2-5H2,1H3,(H,10,11). The lowest BCUT2D eigenvalue weighted by Gasteiger charge is -2.29. The molecular formula is C8H13NO4. The van der Waals surface area contributed by atoms with Crippen LogP contribution in [-0.2, 0) is 14.3 Å². The van der Waals surface area contributed by atoms with Crippen molar-refractivity contribution in [2.45, 2.75) is 18.9 Å². The number of likely N-dealkylation sites (N-methyl/N-ethyl adjacent to an activating group) is 1. The van der Waals surface area contributed by atoms with Crippen LogP contribution in [0.1, 0.15) is 12.8 Å². The van der Waals surface area contributed by atoms with E-state index in [2.05, 4.69) is 0 Å². The van der Waals surface area contributed by atoms with E-state index in [-0.39, 0.29) is 18.7 Å². The van der Waals surface area contributed by atoms with Crippen molar-refractivity contribution in [3.05, 3.63) is 0 Å². The summed E-state index contributed by atoms with van der Waals surface area (Å²) in [5.41, 5.74) is 0. The fourth-order valence-corrected chi connectivity index (χ4v) is 1.22. The summed E-state index contributed by atoms with van der Waals surface area (Å²) in [6, 6.07) is 0. The number of morpholine rings is 1. The molecule has 1 saturated heterocycles. The maximum absolute atomic E-state index is 11.3. The number of ether oxygens (including phenoxy) is 1. The first-order valence-electron chi connectivity index (χ1n) is 4.19. The highest BCUT2D eigenvalue weighted by molar-refractivity contribution is 5.81. The SMILES string of the molecule is CN1CCOC(CCC(=O)O)C1=O. The third kappa shape index (κ3) is 2.69. The van der Waals surface area contributed by atoms with E-state index in [1.165, 1.54) is 0 Å². The van der Waals surface area contributed by atoms with Crippen LogP contribution in [0.5, 0.6) is 0 Å². The lowest BCUT2D eigenvalue weighted by molar-refractivity contribution is -0.152. The number of carbonyl (C=O) groups is 2. The van der Waals surface area contributed by atoms with E-state index in [1.54, 1.807) is 11.9 Å². The number of amides is 1. The predicted octanol–water partition coefficient (Wildman–Crippen LogP) is -0.292. The Labute approximate surface area is 76.3 Å². The van der Waals surface area contributed by atoms with Crippen molar-refractivity contribution in [2.75, 3.05) is 20.2 Å². The summed E-state index contributed by atoms with van der Waals surface area (Å²) in [4.78, 5) is 23.2. The van der Waals surface area contributed by atoms with Gasteiger partial charge in [-0.25, -0.2) is 0 Å². The van der Waals surface area contributed by atoms with E-state index in [4.69, 9.17) is 9.84 Å². The summed E-state index contributed by atoms with van der Waals surface area (Å²) in [7, 11) is 1.69. The minimum atomic E-state index is -0.898. The summed E-state index contributed by atoms with van der Waals surface area (Å²) >= 11 is 0. The van der Waals surface area contributed by atoms with Gasteiger partial charge in [-0.2, -0.15) is 0 Å². The first kappa shape index (κ1) is 9.98. The van der Waals surface area contributed by atoms with Crippen LogP contribution in [0.2, 0.25) is 0 Å². The molecule has 0 bridgehead atoms. The van der Waals surface area contributed by atoms with Gasteiger partial charge in [0.2, 0.25) is 0 Å². The maximum Gasteiger partial charge on any atom is 0.303 e. The Morgan fingerprint density at radius 2 is 2.46 bits per heavy atom. The number of rotatable bonds is 3. The Balaban J connectivity index is 2.40. The molecule has 1 fully saturated rings. The third-order valence-corrected chi connectivity index (χ3v) is 2.02. The van der Waals surface area contributed by atoms with Crippen molar-refractivity contribution < 1.29 is 19.4 Å². The second-order valence-corrected chi connectivity index (χ2v) is 3.05. The van der Waals surface area contributed by atoms with Gasteiger partial charge in [0.25, 0.3) is 5.91 Å². The summed E-state index contributed by atoms with van der Waals surface area (Å²) in [6.07, 6.45) is -0.321. The fraction of sp³-hybridized carbons (Fsp3) is 0.750. The lowest BCUT2D eigenvalue weighted by Crippen LogP contribution is -2.45. The second kappa shape index (κ2) is 4.23. The first-order chi connectivity index (χ1) is 6.11. The van der Waals surface area contributed by atoms with Crippen LogP contribution in [-0.4, -0.2) is 48.2 Å². The first-order valence-corrected chi connectivity index (χ1v) is 4.19. The minimum absolute atomic E-state index is 0.0236. The van der Waals surface area contributed by atoms with Gasteiger partial charge in [-0.05, 0) is 6.42 Å². The van der Waals surface area contributed by atoms with Crippen LogP contribution in [0.25, 0.3) is 0 Å². The summed E-state index contributed by atoms with van der Waals surface area (Å²) in [5, 5.41) is 8.42. The van der Waals surface area contributed by atoms with Crippen LogP contribution >= 0.6 is 0 Å². The van der Waals surface area contributed by atoms with Crippen LogP contribution in [0.3, 0.4) is 0 Å². The molecule has 1 rings (SSSR count). The van der Waals surface area contributed by atoms with Crippen molar-refractivity contribution in [3.63, 3.8) is 0 Å². The van der Waals surface area contributed by atoms with Gasteiger partial charge in [-0.3, -0.25) is 9.59 Å². The Kier molecular flexibility index (Phi) is 3.25. The van der Waals surface area contributed by atoms with Crippen LogP contribution in [0.4, 0.5) is 0 Å². The summed E-state index contributed by atoms with van der Waals surface area (Å²) < 4.78 is 5.16. The van der Waals surface area contributed by atoms with Crippen molar-refractivity contribution in [2.24, 2.45) is 0 Å². The Hall–Kier alpha value is -1.10. The number of hydrogen-bond donors (Lipinski definition) is 1. The number of carboxylic acids is 1. The molecule has 74 valence electrons. The molecule has 1 amide bonds. The second-order valence-electron chi connectivity index (χ2n) is 3.05. The summed E-state index contributed by atoms with van der Waals surface area (Å²) in [5.74, 6) is -1.02. The molecular weight excluding hydrogens is 174 g/mol. The Morgan fingerprint density at radius 1 is 1.77 bits per heavy atom. The van der Waals surface area contributed by atoms with Gasteiger partial charge in [0.15, 0.2) is 0 Å². The quantitative estimate of drug-likeness (QED) is 0.659. The van der Waals surface area contributed by atoms with Gasteiger partial charge in [0.05, 0.1) is 6.61 Å². The molecule has 13 heavy (non-hydrogen) atoms. The maximum atomic E-state index is 11.3. The van der Waals surface area contributed by atoms with Crippen LogP contribution in [0, 0.1) is 0 Å². The topological polar surface area (TPSA) is 66.8 Å². The smallest absolute Gasteiger partial charge is 0.303 e. The lowest BCUT2D eigenvalue weighted by atomic mass is 10.1. The molecule has 1 aliphatic rings. The third-order valence-electron chi connectivity index (χ3n) is 2.02. The number of nitrogens with zero attached hydrogens (tertiary/aromatic N) is 1. The highest BCUT2D eigenvalue weighted by atomic mass is 16.5. The van der Waals surface area contributed by atoms with E-state index in [9.17, 15) is 9.59 Å². The predicted molar refractivity (Wildman–Crippen MR) is 44.2 cm³/mol. The van der Waals surface area contributed by atoms with Crippen LogP contribution in [0.15, 0.2) is 0 Å². The number of hydrogen-bond acceptors (Lipinski definition) is 3. The largest absolute Gasteiger partial charge is 0.481 e. The average Bonchev–Trinajstić information content (AvgIpc) is 2.07. The van der Waals surface area contributed by atoms with Gasteiger partial charge >= 0.3 is 5.97 Å². The molecule has 1 heterocycles. The minimum Gasteiger partial charge on any atom is -0.481 e. The normalized spacial score (nSPS) is 23.3. The molecule has 0 radical (unpaired) electrons. The summed E-state index contributed by atoms with van der Waals surface area (Å²) in [6.45, 7) is 1.08. The fourth-order valence-electron chi connectivity index (χ4n) is 1.22. The molecule has 0 aromatic carbocycles. The highest BCUT2D eigenvalue weighted by Gasteiger charge is 2.27. The van der Waals surface area contributed by atoms with Crippen LogP contribution < -0.4 is 0 Å².